The lowest BCUT2D eigenvalue weighted by Crippen LogP contribution is -2.34. The molecule has 0 spiro atoms. The molecule has 2 heterocycles. The second-order valence-corrected chi connectivity index (χ2v) is 6.77. The molecule has 3 rings (SSSR count). The first-order valence-corrected chi connectivity index (χ1v) is 8.75. The van der Waals surface area contributed by atoms with Gasteiger partial charge >= 0.3 is 0 Å². The Kier molecular flexibility index (Phi) is 5.22. The summed E-state index contributed by atoms with van der Waals surface area (Å²) in [5.41, 5.74) is 2.10. The Labute approximate surface area is 148 Å². The summed E-state index contributed by atoms with van der Waals surface area (Å²) in [6, 6.07) is 11.7. The molecule has 1 N–H and O–H groups in total. The van der Waals surface area contributed by atoms with Crippen molar-refractivity contribution in [2.75, 3.05) is 18.0 Å². The smallest absolute Gasteiger partial charge is 0.227 e. The van der Waals surface area contributed by atoms with E-state index in [1.165, 1.54) is 5.56 Å². The molecule has 1 unspecified atom stereocenters. The second-order valence-electron chi connectivity index (χ2n) is 6.77. The third-order valence-corrected chi connectivity index (χ3v) is 4.62. The van der Waals surface area contributed by atoms with Gasteiger partial charge in [0.05, 0.1) is 12.2 Å². The minimum atomic E-state index is -0.297. The Morgan fingerprint density at radius 1 is 1.28 bits per heavy atom. The summed E-state index contributed by atoms with van der Waals surface area (Å²) in [6.45, 7) is 5.23. The van der Waals surface area contributed by atoms with Gasteiger partial charge in [-0.2, -0.15) is 0 Å². The molecule has 132 valence electrons. The summed E-state index contributed by atoms with van der Waals surface area (Å²) in [4.78, 5) is 26.3. The van der Waals surface area contributed by atoms with Gasteiger partial charge in [-0.1, -0.05) is 26.0 Å². The molecule has 0 aliphatic carbocycles. The maximum Gasteiger partial charge on any atom is 0.227 e. The fourth-order valence-electron chi connectivity index (χ4n) is 3.08. The van der Waals surface area contributed by atoms with Crippen LogP contribution in [0.2, 0.25) is 0 Å². The van der Waals surface area contributed by atoms with Crippen LogP contribution in [0.1, 0.15) is 37.5 Å². The Hall–Kier alpha value is -2.56. The minimum Gasteiger partial charge on any atom is -0.469 e. The van der Waals surface area contributed by atoms with Crippen molar-refractivity contribution in [3.63, 3.8) is 0 Å². The Balaban J connectivity index is 1.55. The van der Waals surface area contributed by atoms with Crippen LogP contribution in [0.4, 0.5) is 5.69 Å². The van der Waals surface area contributed by atoms with E-state index in [1.54, 1.807) is 11.2 Å². The van der Waals surface area contributed by atoms with Crippen molar-refractivity contribution in [1.29, 1.82) is 0 Å². The average Bonchev–Trinajstić information content (AvgIpc) is 3.24. The zero-order valence-corrected chi connectivity index (χ0v) is 14.7. The Morgan fingerprint density at radius 3 is 2.68 bits per heavy atom. The molecule has 1 fully saturated rings. The van der Waals surface area contributed by atoms with Crippen molar-refractivity contribution in [2.24, 2.45) is 5.92 Å². The van der Waals surface area contributed by atoms with Gasteiger partial charge in [-0.3, -0.25) is 9.59 Å². The van der Waals surface area contributed by atoms with E-state index < -0.39 is 0 Å². The van der Waals surface area contributed by atoms with Crippen LogP contribution in [0.5, 0.6) is 0 Å². The highest BCUT2D eigenvalue weighted by Gasteiger charge is 2.34. The Morgan fingerprint density at radius 2 is 2.04 bits per heavy atom. The first-order valence-electron chi connectivity index (χ1n) is 8.75. The predicted molar refractivity (Wildman–Crippen MR) is 96.4 cm³/mol. The SMILES string of the molecule is CC(C)c1ccc(N2CC(C(=O)NCCc3ccco3)CC2=O)cc1. The lowest BCUT2D eigenvalue weighted by atomic mass is 10.0. The van der Waals surface area contributed by atoms with Crippen molar-refractivity contribution < 1.29 is 14.0 Å². The van der Waals surface area contributed by atoms with Crippen LogP contribution in [0.3, 0.4) is 0 Å². The topological polar surface area (TPSA) is 62.6 Å². The van der Waals surface area contributed by atoms with Gasteiger partial charge in [-0.05, 0) is 35.7 Å². The van der Waals surface area contributed by atoms with Gasteiger partial charge in [-0.15, -0.1) is 0 Å². The average molecular weight is 340 g/mol. The van der Waals surface area contributed by atoms with Crippen LogP contribution >= 0.6 is 0 Å². The van der Waals surface area contributed by atoms with E-state index >= 15 is 0 Å². The van der Waals surface area contributed by atoms with E-state index in [-0.39, 0.29) is 24.2 Å². The third kappa shape index (κ3) is 4.10. The number of rotatable bonds is 6. The van der Waals surface area contributed by atoms with Gasteiger partial charge in [0.15, 0.2) is 0 Å². The van der Waals surface area contributed by atoms with E-state index in [0.29, 0.717) is 25.4 Å². The minimum absolute atomic E-state index is 0.00322. The molecule has 0 saturated carbocycles. The second kappa shape index (κ2) is 7.55. The molecule has 2 aromatic rings. The van der Waals surface area contributed by atoms with Gasteiger partial charge in [0, 0.05) is 31.6 Å². The van der Waals surface area contributed by atoms with Gasteiger partial charge in [0.1, 0.15) is 5.76 Å². The summed E-state index contributed by atoms with van der Waals surface area (Å²) in [6.07, 6.45) is 2.54. The summed E-state index contributed by atoms with van der Waals surface area (Å²) in [5.74, 6) is 0.934. The van der Waals surface area contributed by atoms with Crippen molar-refractivity contribution in [3.05, 3.63) is 54.0 Å². The maximum absolute atomic E-state index is 12.3. The number of carbonyl (C=O) groups is 2. The molecule has 1 aromatic carbocycles. The van der Waals surface area contributed by atoms with Crippen LogP contribution in [0.25, 0.3) is 0 Å². The molecule has 5 heteroatoms. The summed E-state index contributed by atoms with van der Waals surface area (Å²) in [7, 11) is 0. The van der Waals surface area contributed by atoms with E-state index in [1.807, 2.05) is 36.4 Å². The number of carbonyl (C=O) groups excluding carboxylic acids is 2. The van der Waals surface area contributed by atoms with Crippen LogP contribution in [-0.4, -0.2) is 24.9 Å². The van der Waals surface area contributed by atoms with Crippen LogP contribution in [-0.2, 0) is 16.0 Å². The van der Waals surface area contributed by atoms with Crippen molar-refractivity contribution in [1.82, 2.24) is 5.32 Å². The van der Waals surface area contributed by atoms with Crippen molar-refractivity contribution in [2.45, 2.75) is 32.6 Å². The van der Waals surface area contributed by atoms with Gasteiger partial charge < -0.3 is 14.6 Å². The normalized spacial score (nSPS) is 17.3. The first kappa shape index (κ1) is 17.3. The highest BCUT2D eigenvalue weighted by Crippen LogP contribution is 2.26. The number of amides is 2. The molecule has 1 saturated heterocycles. The fraction of sp³-hybridized carbons (Fsp3) is 0.400. The molecule has 1 aliphatic heterocycles. The first-order chi connectivity index (χ1) is 12.0. The molecule has 0 radical (unpaired) electrons. The van der Waals surface area contributed by atoms with Crippen LogP contribution in [0.15, 0.2) is 47.1 Å². The number of anilines is 1. The monoisotopic (exact) mass is 340 g/mol. The highest BCUT2D eigenvalue weighted by molar-refractivity contribution is 6.00. The Bertz CT molecular complexity index is 720. The van der Waals surface area contributed by atoms with Gasteiger partial charge in [0.2, 0.25) is 11.8 Å². The maximum atomic E-state index is 12.3. The zero-order valence-electron chi connectivity index (χ0n) is 14.7. The number of benzene rings is 1. The lowest BCUT2D eigenvalue weighted by Gasteiger charge is -2.17. The van der Waals surface area contributed by atoms with Gasteiger partial charge in [-0.25, -0.2) is 0 Å². The molecule has 25 heavy (non-hydrogen) atoms. The number of hydrogen-bond acceptors (Lipinski definition) is 3. The van der Waals surface area contributed by atoms with E-state index in [9.17, 15) is 9.59 Å². The molecule has 1 aromatic heterocycles. The fourth-order valence-corrected chi connectivity index (χ4v) is 3.08. The standard InChI is InChI=1S/C20H24N2O3/c1-14(2)15-5-7-17(8-6-15)22-13-16(12-19(22)23)20(24)21-10-9-18-4-3-11-25-18/h3-8,11,14,16H,9-10,12-13H2,1-2H3,(H,21,24). The van der Waals surface area contributed by atoms with E-state index in [0.717, 1.165) is 11.4 Å². The van der Waals surface area contributed by atoms with Gasteiger partial charge in [0.25, 0.3) is 0 Å². The molecule has 1 aliphatic rings. The predicted octanol–water partition coefficient (Wildman–Crippen LogP) is 3.11. The largest absolute Gasteiger partial charge is 0.469 e. The molecular formula is C20H24N2O3. The van der Waals surface area contributed by atoms with Crippen molar-refractivity contribution >= 4 is 17.5 Å². The number of nitrogens with one attached hydrogen (secondary N) is 1. The molecule has 0 bridgehead atoms. The van der Waals surface area contributed by atoms with Crippen LogP contribution < -0.4 is 10.2 Å². The molecule has 5 nitrogen and oxygen atoms in total. The summed E-state index contributed by atoms with van der Waals surface area (Å²) in [5, 5.41) is 2.90. The highest BCUT2D eigenvalue weighted by atomic mass is 16.3. The van der Waals surface area contributed by atoms with Crippen LogP contribution in [0, 0.1) is 5.92 Å². The summed E-state index contributed by atoms with van der Waals surface area (Å²) >= 11 is 0. The number of hydrogen-bond donors (Lipinski definition) is 1. The zero-order chi connectivity index (χ0) is 17.8. The lowest BCUT2D eigenvalue weighted by molar-refractivity contribution is -0.126. The summed E-state index contributed by atoms with van der Waals surface area (Å²) < 4.78 is 5.25. The van der Waals surface area contributed by atoms with E-state index in [2.05, 4.69) is 19.2 Å². The molecular weight excluding hydrogens is 316 g/mol. The third-order valence-electron chi connectivity index (χ3n) is 4.62. The number of nitrogens with zero attached hydrogens (tertiary/aromatic N) is 1. The van der Waals surface area contributed by atoms with E-state index in [4.69, 9.17) is 4.42 Å². The molecule has 1 atom stereocenters. The quantitative estimate of drug-likeness (QED) is 0.879. The number of furan rings is 1. The molecule has 2 amide bonds. The van der Waals surface area contributed by atoms with Crippen molar-refractivity contribution in [3.8, 4) is 0 Å².